The summed E-state index contributed by atoms with van der Waals surface area (Å²) in [5.74, 6) is 0. The van der Waals surface area contributed by atoms with Crippen molar-refractivity contribution in [3.63, 3.8) is 0 Å². The van der Waals surface area contributed by atoms with E-state index in [1.807, 2.05) is 0 Å². The average molecular weight is 211 g/mol. The minimum atomic E-state index is -0.0214. The van der Waals surface area contributed by atoms with Gasteiger partial charge in [-0.3, -0.25) is 0 Å². The maximum Gasteiger partial charge on any atom is 0.0541 e. The van der Waals surface area contributed by atoms with Crippen LogP contribution in [0.15, 0.2) is 0 Å². The molecule has 2 aliphatic rings. The zero-order chi connectivity index (χ0) is 10.7. The first-order valence-electron chi connectivity index (χ1n) is 6.65. The predicted octanol–water partition coefficient (Wildman–Crippen LogP) is 2.46. The van der Waals surface area contributed by atoms with Crippen LogP contribution in [0.1, 0.15) is 58.3 Å². The van der Waals surface area contributed by atoms with Crippen molar-refractivity contribution in [2.75, 3.05) is 6.54 Å². The molecule has 15 heavy (non-hydrogen) atoms. The number of nitrogens with one attached hydrogen (secondary N) is 1. The van der Waals surface area contributed by atoms with Gasteiger partial charge in [-0.05, 0) is 50.4 Å². The molecule has 2 saturated carbocycles. The summed E-state index contributed by atoms with van der Waals surface area (Å²) in [6.45, 7) is 3.54. The second kappa shape index (κ2) is 4.84. The summed E-state index contributed by atoms with van der Waals surface area (Å²) in [5.41, 5.74) is 0.635. The smallest absolute Gasteiger partial charge is 0.0541 e. The lowest BCUT2D eigenvalue weighted by Crippen LogP contribution is -2.44. The van der Waals surface area contributed by atoms with Crippen molar-refractivity contribution < 1.29 is 5.11 Å². The van der Waals surface area contributed by atoms with Crippen LogP contribution in [0.5, 0.6) is 0 Å². The number of rotatable bonds is 4. The summed E-state index contributed by atoms with van der Waals surface area (Å²) in [4.78, 5) is 0. The van der Waals surface area contributed by atoms with Gasteiger partial charge < -0.3 is 10.4 Å². The van der Waals surface area contributed by atoms with E-state index in [1.165, 1.54) is 45.1 Å². The topological polar surface area (TPSA) is 32.3 Å². The van der Waals surface area contributed by atoms with Gasteiger partial charge in [0, 0.05) is 12.6 Å². The van der Waals surface area contributed by atoms with Crippen molar-refractivity contribution in [3.8, 4) is 0 Å². The Balaban J connectivity index is 1.69. The van der Waals surface area contributed by atoms with E-state index in [4.69, 9.17) is 0 Å². The molecular formula is C13H25NO. The fourth-order valence-corrected chi connectivity index (χ4v) is 2.97. The van der Waals surface area contributed by atoms with Crippen LogP contribution in [-0.4, -0.2) is 23.8 Å². The van der Waals surface area contributed by atoms with E-state index in [0.717, 1.165) is 12.8 Å². The highest BCUT2D eigenvalue weighted by Crippen LogP contribution is 2.43. The number of aliphatic hydroxyl groups is 1. The third kappa shape index (κ3) is 2.73. The number of hydrogen-bond donors (Lipinski definition) is 2. The molecule has 0 aromatic rings. The average Bonchev–Trinajstić information content (AvgIpc) is 2.20. The summed E-state index contributed by atoms with van der Waals surface area (Å²) in [6, 6.07) is 0.678. The Morgan fingerprint density at radius 1 is 1.20 bits per heavy atom. The van der Waals surface area contributed by atoms with Crippen LogP contribution in [0.25, 0.3) is 0 Å². The largest absolute Gasteiger partial charge is 0.393 e. The Morgan fingerprint density at radius 3 is 2.33 bits per heavy atom. The molecule has 0 aromatic heterocycles. The van der Waals surface area contributed by atoms with Gasteiger partial charge in [-0.2, -0.15) is 0 Å². The van der Waals surface area contributed by atoms with Crippen LogP contribution >= 0.6 is 0 Å². The fourth-order valence-electron chi connectivity index (χ4n) is 2.97. The van der Waals surface area contributed by atoms with Gasteiger partial charge in [0.2, 0.25) is 0 Å². The lowest BCUT2D eigenvalue weighted by atomic mass is 9.67. The Hall–Kier alpha value is -0.0800. The van der Waals surface area contributed by atoms with Crippen molar-refractivity contribution in [3.05, 3.63) is 0 Å². The van der Waals surface area contributed by atoms with Crippen molar-refractivity contribution in [2.24, 2.45) is 5.41 Å². The van der Waals surface area contributed by atoms with E-state index in [9.17, 15) is 5.11 Å². The summed E-state index contributed by atoms with van der Waals surface area (Å²) in [7, 11) is 0. The minimum absolute atomic E-state index is 0.0214. The molecule has 0 bridgehead atoms. The molecule has 0 radical (unpaired) electrons. The maximum atomic E-state index is 9.43. The molecule has 0 aromatic carbocycles. The minimum Gasteiger partial charge on any atom is -0.393 e. The lowest BCUT2D eigenvalue weighted by Gasteiger charge is -2.43. The first-order chi connectivity index (χ1) is 7.24. The number of hydrogen-bond acceptors (Lipinski definition) is 2. The molecule has 2 aliphatic carbocycles. The molecular weight excluding hydrogens is 186 g/mol. The molecule has 0 aliphatic heterocycles. The van der Waals surface area contributed by atoms with Crippen LogP contribution in [0.3, 0.4) is 0 Å². The van der Waals surface area contributed by atoms with Gasteiger partial charge in [-0.25, -0.2) is 0 Å². The molecule has 0 saturated heterocycles. The fraction of sp³-hybridized carbons (Fsp3) is 1.00. The van der Waals surface area contributed by atoms with E-state index >= 15 is 0 Å². The SMILES string of the molecule is CCC1(CNC2CCC(O)CC2)CCC1. The van der Waals surface area contributed by atoms with Gasteiger partial charge in [0.05, 0.1) is 6.10 Å². The zero-order valence-corrected chi connectivity index (χ0v) is 9.97. The third-order valence-electron chi connectivity index (χ3n) is 4.63. The Bertz CT molecular complexity index is 187. The lowest BCUT2D eigenvalue weighted by molar-refractivity contribution is 0.0931. The van der Waals surface area contributed by atoms with Gasteiger partial charge in [-0.1, -0.05) is 13.3 Å². The van der Waals surface area contributed by atoms with E-state index in [0.29, 0.717) is 11.5 Å². The van der Waals surface area contributed by atoms with E-state index < -0.39 is 0 Å². The number of aliphatic hydroxyl groups excluding tert-OH is 1. The molecule has 2 nitrogen and oxygen atoms in total. The second-order valence-corrected chi connectivity index (χ2v) is 5.59. The molecule has 0 unspecified atom stereocenters. The molecule has 88 valence electrons. The van der Waals surface area contributed by atoms with Gasteiger partial charge in [0.15, 0.2) is 0 Å². The van der Waals surface area contributed by atoms with Crippen LogP contribution in [0.4, 0.5) is 0 Å². The first kappa shape index (κ1) is 11.4. The van der Waals surface area contributed by atoms with Crippen LogP contribution < -0.4 is 5.32 Å². The second-order valence-electron chi connectivity index (χ2n) is 5.59. The van der Waals surface area contributed by atoms with Crippen LogP contribution in [0.2, 0.25) is 0 Å². The zero-order valence-electron chi connectivity index (χ0n) is 9.97. The molecule has 2 fully saturated rings. The highest BCUT2D eigenvalue weighted by Gasteiger charge is 2.35. The van der Waals surface area contributed by atoms with Crippen LogP contribution in [-0.2, 0) is 0 Å². The molecule has 2 rings (SSSR count). The van der Waals surface area contributed by atoms with Gasteiger partial charge >= 0.3 is 0 Å². The van der Waals surface area contributed by atoms with E-state index in [2.05, 4.69) is 12.2 Å². The molecule has 2 heteroatoms. The van der Waals surface area contributed by atoms with Gasteiger partial charge in [0.1, 0.15) is 0 Å². The molecule has 0 heterocycles. The highest BCUT2D eigenvalue weighted by atomic mass is 16.3. The summed E-state index contributed by atoms with van der Waals surface area (Å²) in [5, 5.41) is 13.2. The molecule has 0 atom stereocenters. The van der Waals surface area contributed by atoms with Crippen molar-refractivity contribution in [1.82, 2.24) is 5.32 Å². The molecule has 0 amide bonds. The molecule has 2 N–H and O–H groups in total. The quantitative estimate of drug-likeness (QED) is 0.748. The van der Waals surface area contributed by atoms with Gasteiger partial charge in [-0.15, -0.1) is 0 Å². The third-order valence-corrected chi connectivity index (χ3v) is 4.63. The van der Waals surface area contributed by atoms with E-state index in [-0.39, 0.29) is 6.10 Å². The predicted molar refractivity (Wildman–Crippen MR) is 62.8 cm³/mol. The first-order valence-corrected chi connectivity index (χ1v) is 6.65. The summed E-state index contributed by atoms with van der Waals surface area (Å²) >= 11 is 0. The van der Waals surface area contributed by atoms with Crippen molar-refractivity contribution in [2.45, 2.75) is 70.4 Å². The van der Waals surface area contributed by atoms with Crippen molar-refractivity contribution in [1.29, 1.82) is 0 Å². The Labute approximate surface area is 93.5 Å². The normalized spacial score (nSPS) is 34.8. The summed E-state index contributed by atoms with van der Waals surface area (Å²) in [6.07, 6.45) is 9.91. The maximum absolute atomic E-state index is 9.43. The summed E-state index contributed by atoms with van der Waals surface area (Å²) < 4.78 is 0. The standard InChI is InChI=1S/C13H25NO/c1-2-13(8-3-9-13)10-14-11-4-6-12(15)7-5-11/h11-12,14-15H,2-10H2,1H3. The Morgan fingerprint density at radius 2 is 1.87 bits per heavy atom. The highest BCUT2D eigenvalue weighted by molar-refractivity contribution is 4.90. The molecule has 0 spiro atoms. The van der Waals surface area contributed by atoms with E-state index in [1.54, 1.807) is 0 Å². The van der Waals surface area contributed by atoms with Crippen LogP contribution in [0, 0.1) is 5.41 Å². The van der Waals surface area contributed by atoms with Gasteiger partial charge in [0.25, 0.3) is 0 Å². The Kier molecular flexibility index (Phi) is 3.68. The van der Waals surface area contributed by atoms with Crippen molar-refractivity contribution >= 4 is 0 Å². The monoisotopic (exact) mass is 211 g/mol.